The highest BCUT2D eigenvalue weighted by molar-refractivity contribution is 7.98. The lowest BCUT2D eigenvalue weighted by Crippen LogP contribution is -2.23. The Bertz CT molecular complexity index is 507. The van der Waals surface area contributed by atoms with Crippen LogP contribution in [0.15, 0.2) is 41.4 Å². The number of nitrogens with zero attached hydrogens (tertiary/aromatic N) is 2. The topological polar surface area (TPSA) is 29.9 Å². The molecule has 18 heavy (non-hydrogen) atoms. The second-order valence-electron chi connectivity index (χ2n) is 4.15. The van der Waals surface area contributed by atoms with E-state index in [0.29, 0.717) is 0 Å². The van der Waals surface area contributed by atoms with Crippen LogP contribution in [0.2, 0.25) is 0 Å². The Kier molecular flexibility index (Phi) is 4.44. The van der Waals surface area contributed by atoms with E-state index >= 15 is 0 Å². The second kappa shape index (κ2) is 6.07. The smallest absolute Gasteiger partial charge is 0.0839 e. The summed E-state index contributed by atoms with van der Waals surface area (Å²) >= 11 is 1.78. The van der Waals surface area contributed by atoms with Crippen LogP contribution in [0.5, 0.6) is 0 Å². The van der Waals surface area contributed by atoms with Crippen molar-refractivity contribution in [1.82, 2.24) is 15.1 Å². The molecule has 0 bridgehead atoms. The van der Waals surface area contributed by atoms with E-state index in [-0.39, 0.29) is 6.04 Å². The summed E-state index contributed by atoms with van der Waals surface area (Å²) in [5, 5.41) is 8.04. The Hall–Kier alpha value is -1.26. The third-order valence-electron chi connectivity index (χ3n) is 2.89. The first kappa shape index (κ1) is 13.2. The van der Waals surface area contributed by atoms with Crippen molar-refractivity contribution in [3.63, 3.8) is 0 Å². The second-order valence-corrected chi connectivity index (χ2v) is 4.99. The van der Waals surface area contributed by atoms with Crippen LogP contribution >= 0.6 is 11.8 Å². The van der Waals surface area contributed by atoms with Crippen LogP contribution < -0.4 is 5.32 Å². The molecule has 0 spiro atoms. The van der Waals surface area contributed by atoms with Crippen LogP contribution in [-0.2, 0) is 7.05 Å². The Balaban J connectivity index is 2.41. The van der Waals surface area contributed by atoms with Crippen molar-refractivity contribution < 1.29 is 0 Å². The number of hydrogen-bond acceptors (Lipinski definition) is 3. The zero-order valence-corrected chi connectivity index (χ0v) is 11.9. The molecule has 0 fully saturated rings. The Morgan fingerprint density at radius 3 is 2.72 bits per heavy atom. The summed E-state index contributed by atoms with van der Waals surface area (Å²) in [7, 11) is 1.95. The Labute approximate surface area is 113 Å². The van der Waals surface area contributed by atoms with Gasteiger partial charge >= 0.3 is 0 Å². The molecule has 1 atom stereocenters. The summed E-state index contributed by atoms with van der Waals surface area (Å²) in [5.41, 5.74) is 2.37. The molecule has 0 saturated carbocycles. The lowest BCUT2D eigenvalue weighted by molar-refractivity contribution is 0.593. The fourth-order valence-electron chi connectivity index (χ4n) is 2.07. The lowest BCUT2D eigenvalue weighted by atomic mass is 10.0. The largest absolute Gasteiger partial charge is 0.305 e. The van der Waals surface area contributed by atoms with Gasteiger partial charge in [-0.15, -0.1) is 11.8 Å². The molecule has 2 aromatic rings. The molecular weight excluding hydrogens is 242 g/mol. The number of thioether (sulfide) groups is 1. The minimum atomic E-state index is 0.167. The van der Waals surface area contributed by atoms with Crippen molar-refractivity contribution >= 4 is 11.8 Å². The molecule has 0 amide bonds. The summed E-state index contributed by atoms with van der Waals surface area (Å²) in [5.74, 6) is 0. The van der Waals surface area contributed by atoms with Gasteiger partial charge in [-0.2, -0.15) is 5.10 Å². The molecule has 0 aliphatic heterocycles. The van der Waals surface area contributed by atoms with Crippen molar-refractivity contribution in [3.8, 4) is 0 Å². The SMILES string of the molecule is CCNC(c1ccn(C)n1)c1ccccc1SC. The molecule has 1 N–H and O–H groups in total. The highest BCUT2D eigenvalue weighted by Crippen LogP contribution is 2.29. The first-order valence-electron chi connectivity index (χ1n) is 6.12. The van der Waals surface area contributed by atoms with Crippen LogP contribution in [0.4, 0.5) is 0 Å². The van der Waals surface area contributed by atoms with Crippen LogP contribution in [-0.4, -0.2) is 22.6 Å². The van der Waals surface area contributed by atoms with Gasteiger partial charge in [0.1, 0.15) is 0 Å². The van der Waals surface area contributed by atoms with Crippen molar-refractivity contribution in [2.75, 3.05) is 12.8 Å². The van der Waals surface area contributed by atoms with Crippen LogP contribution in [0.3, 0.4) is 0 Å². The molecule has 1 heterocycles. The summed E-state index contributed by atoms with van der Waals surface area (Å²) in [6.45, 7) is 3.04. The number of hydrogen-bond donors (Lipinski definition) is 1. The molecular formula is C14H19N3S. The average molecular weight is 261 g/mol. The van der Waals surface area contributed by atoms with Gasteiger partial charge in [-0.05, 0) is 30.5 Å². The molecule has 4 heteroatoms. The zero-order chi connectivity index (χ0) is 13.0. The number of nitrogens with one attached hydrogen (secondary N) is 1. The number of aryl methyl sites for hydroxylation is 1. The maximum Gasteiger partial charge on any atom is 0.0839 e. The van der Waals surface area contributed by atoms with Crippen molar-refractivity contribution in [1.29, 1.82) is 0 Å². The quantitative estimate of drug-likeness (QED) is 0.839. The van der Waals surface area contributed by atoms with E-state index in [1.54, 1.807) is 11.8 Å². The Morgan fingerprint density at radius 2 is 2.11 bits per heavy atom. The van der Waals surface area contributed by atoms with E-state index in [1.807, 2.05) is 17.9 Å². The number of benzene rings is 1. The van der Waals surface area contributed by atoms with Gasteiger partial charge in [-0.25, -0.2) is 0 Å². The van der Waals surface area contributed by atoms with Gasteiger partial charge in [0.2, 0.25) is 0 Å². The minimum absolute atomic E-state index is 0.167. The normalized spacial score (nSPS) is 12.6. The lowest BCUT2D eigenvalue weighted by Gasteiger charge is -2.18. The Morgan fingerprint density at radius 1 is 1.33 bits per heavy atom. The minimum Gasteiger partial charge on any atom is -0.305 e. The molecule has 0 saturated heterocycles. The van der Waals surface area contributed by atoms with Gasteiger partial charge in [0.25, 0.3) is 0 Å². The molecule has 0 aliphatic carbocycles. The molecule has 0 aliphatic rings. The first-order valence-corrected chi connectivity index (χ1v) is 7.34. The predicted octanol–water partition coefficient (Wildman–Crippen LogP) is 2.84. The van der Waals surface area contributed by atoms with Gasteiger partial charge in [0, 0.05) is 18.1 Å². The van der Waals surface area contributed by atoms with E-state index in [9.17, 15) is 0 Å². The van der Waals surface area contributed by atoms with E-state index in [4.69, 9.17) is 0 Å². The summed E-state index contributed by atoms with van der Waals surface area (Å²) in [6.07, 6.45) is 4.10. The monoisotopic (exact) mass is 261 g/mol. The fraction of sp³-hybridized carbons (Fsp3) is 0.357. The van der Waals surface area contributed by atoms with Crippen LogP contribution in [0.25, 0.3) is 0 Å². The third kappa shape index (κ3) is 2.76. The molecule has 1 unspecified atom stereocenters. The molecule has 96 valence electrons. The summed E-state index contributed by atoms with van der Waals surface area (Å²) in [4.78, 5) is 1.30. The van der Waals surface area contributed by atoms with Gasteiger partial charge in [-0.3, -0.25) is 4.68 Å². The number of aromatic nitrogens is 2. The molecule has 1 aromatic heterocycles. The zero-order valence-electron chi connectivity index (χ0n) is 11.1. The average Bonchev–Trinajstić information content (AvgIpc) is 2.82. The molecule has 1 aromatic carbocycles. The molecule has 3 nitrogen and oxygen atoms in total. The predicted molar refractivity (Wildman–Crippen MR) is 77.0 cm³/mol. The maximum absolute atomic E-state index is 4.53. The highest BCUT2D eigenvalue weighted by atomic mass is 32.2. The van der Waals surface area contributed by atoms with Crippen LogP contribution in [0.1, 0.15) is 24.2 Å². The highest BCUT2D eigenvalue weighted by Gasteiger charge is 2.18. The van der Waals surface area contributed by atoms with Crippen molar-refractivity contribution in [2.45, 2.75) is 17.9 Å². The standard InChI is InChI=1S/C14H19N3S/c1-4-15-14(12-9-10-17(2)16-12)11-7-5-6-8-13(11)18-3/h5-10,14-15H,4H2,1-3H3. The maximum atomic E-state index is 4.53. The van der Waals surface area contributed by atoms with E-state index < -0.39 is 0 Å². The molecule has 2 rings (SSSR count). The first-order chi connectivity index (χ1) is 8.76. The fourth-order valence-corrected chi connectivity index (χ4v) is 2.71. The van der Waals surface area contributed by atoms with Gasteiger partial charge in [-0.1, -0.05) is 25.1 Å². The van der Waals surface area contributed by atoms with Gasteiger partial charge in [0.15, 0.2) is 0 Å². The molecule has 0 radical (unpaired) electrons. The van der Waals surface area contributed by atoms with Gasteiger partial charge in [0.05, 0.1) is 11.7 Å². The third-order valence-corrected chi connectivity index (χ3v) is 3.70. The summed E-state index contributed by atoms with van der Waals surface area (Å²) in [6, 6.07) is 10.7. The van der Waals surface area contributed by atoms with Crippen molar-refractivity contribution in [3.05, 3.63) is 47.8 Å². The van der Waals surface area contributed by atoms with E-state index in [0.717, 1.165) is 12.2 Å². The van der Waals surface area contributed by atoms with E-state index in [1.165, 1.54) is 10.5 Å². The van der Waals surface area contributed by atoms with Crippen LogP contribution in [0, 0.1) is 0 Å². The van der Waals surface area contributed by atoms with Gasteiger partial charge < -0.3 is 5.32 Å². The number of rotatable bonds is 5. The summed E-state index contributed by atoms with van der Waals surface area (Å²) < 4.78 is 1.85. The van der Waals surface area contributed by atoms with Crippen molar-refractivity contribution in [2.24, 2.45) is 7.05 Å². The van der Waals surface area contributed by atoms with E-state index in [2.05, 4.69) is 53.9 Å².